The molecular formula is C18H20O5. The summed E-state index contributed by atoms with van der Waals surface area (Å²) < 4.78 is 15.9. The van der Waals surface area contributed by atoms with Crippen LogP contribution in [0.3, 0.4) is 0 Å². The molecule has 1 N–H and O–H groups in total. The minimum atomic E-state index is -0.917. The molecule has 2 aromatic rings. The lowest BCUT2D eigenvalue weighted by molar-refractivity contribution is -0.138. The van der Waals surface area contributed by atoms with Crippen molar-refractivity contribution < 1.29 is 24.1 Å². The van der Waals surface area contributed by atoms with Crippen LogP contribution in [0.2, 0.25) is 0 Å². The van der Waals surface area contributed by atoms with Crippen LogP contribution in [0.15, 0.2) is 42.5 Å². The zero-order valence-corrected chi connectivity index (χ0v) is 13.4. The summed E-state index contributed by atoms with van der Waals surface area (Å²) in [6.07, 6.45) is 0.274. The van der Waals surface area contributed by atoms with E-state index in [4.69, 9.17) is 14.2 Å². The number of hydrogen-bond donors (Lipinski definition) is 1. The lowest BCUT2D eigenvalue weighted by Crippen LogP contribution is -2.16. The van der Waals surface area contributed by atoms with E-state index in [1.807, 2.05) is 6.07 Å². The van der Waals surface area contributed by atoms with Crippen LogP contribution >= 0.6 is 0 Å². The fourth-order valence-corrected chi connectivity index (χ4v) is 2.55. The maximum Gasteiger partial charge on any atom is 0.311 e. The van der Waals surface area contributed by atoms with E-state index in [1.54, 1.807) is 50.6 Å². The lowest BCUT2D eigenvalue weighted by Gasteiger charge is -2.18. The van der Waals surface area contributed by atoms with Crippen LogP contribution in [0.5, 0.6) is 17.2 Å². The molecule has 0 saturated heterocycles. The number of rotatable bonds is 7. The Morgan fingerprint density at radius 1 is 1.00 bits per heavy atom. The van der Waals surface area contributed by atoms with Crippen LogP contribution in [0, 0.1) is 0 Å². The molecule has 0 aromatic heterocycles. The van der Waals surface area contributed by atoms with Crippen molar-refractivity contribution in [3.63, 3.8) is 0 Å². The van der Waals surface area contributed by atoms with Crippen LogP contribution in [0.4, 0.5) is 0 Å². The second kappa shape index (κ2) is 7.54. The van der Waals surface area contributed by atoms with Gasteiger partial charge in [-0.1, -0.05) is 18.2 Å². The minimum Gasteiger partial charge on any atom is -0.497 e. The Morgan fingerprint density at radius 3 is 2.30 bits per heavy atom. The van der Waals surface area contributed by atoms with Gasteiger partial charge in [0.2, 0.25) is 0 Å². The van der Waals surface area contributed by atoms with Gasteiger partial charge in [-0.05, 0) is 36.2 Å². The van der Waals surface area contributed by atoms with E-state index in [2.05, 4.69) is 0 Å². The fraction of sp³-hybridized carbons (Fsp3) is 0.278. The molecule has 0 heterocycles. The molecule has 0 radical (unpaired) electrons. The van der Waals surface area contributed by atoms with E-state index in [0.717, 1.165) is 5.56 Å². The molecule has 1 unspecified atom stereocenters. The van der Waals surface area contributed by atoms with E-state index in [-0.39, 0.29) is 6.42 Å². The van der Waals surface area contributed by atoms with Crippen molar-refractivity contribution in [1.29, 1.82) is 0 Å². The largest absolute Gasteiger partial charge is 0.497 e. The zero-order chi connectivity index (χ0) is 16.8. The Morgan fingerprint density at radius 2 is 1.70 bits per heavy atom. The minimum absolute atomic E-state index is 0.274. The molecule has 0 amide bonds. The standard InChI is InChI=1S/C18H20O5/c1-21-13-8-9-16(22-2)12(10-13)11-15(18(19)20)14-6-4-5-7-17(14)23-3/h4-10,15H,11H2,1-3H3,(H,19,20). The average molecular weight is 316 g/mol. The first-order valence-corrected chi connectivity index (χ1v) is 7.17. The van der Waals surface area contributed by atoms with Crippen LogP contribution in [-0.4, -0.2) is 32.4 Å². The third-order valence-corrected chi connectivity index (χ3v) is 3.72. The van der Waals surface area contributed by atoms with Crippen molar-refractivity contribution in [3.05, 3.63) is 53.6 Å². The molecule has 2 rings (SSSR count). The van der Waals surface area contributed by atoms with Gasteiger partial charge >= 0.3 is 5.97 Å². The monoisotopic (exact) mass is 316 g/mol. The van der Waals surface area contributed by atoms with Crippen LogP contribution < -0.4 is 14.2 Å². The van der Waals surface area contributed by atoms with E-state index in [0.29, 0.717) is 22.8 Å². The first-order valence-electron chi connectivity index (χ1n) is 7.17. The molecule has 23 heavy (non-hydrogen) atoms. The summed E-state index contributed by atoms with van der Waals surface area (Å²) in [6, 6.07) is 12.5. The van der Waals surface area contributed by atoms with Gasteiger partial charge in [0.1, 0.15) is 17.2 Å². The summed E-state index contributed by atoms with van der Waals surface area (Å²) in [5.74, 6) is 0.185. The van der Waals surface area contributed by atoms with Crippen LogP contribution in [-0.2, 0) is 11.2 Å². The highest BCUT2D eigenvalue weighted by molar-refractivity contribution is 5.78. The summed E-state index contributed by atoms with van der Waals surface area (Å²) in [7, 11) is 4.66. The van der Waals surface area contributed by atoms with Crippen molar-refractivity contribution in [2.45, 2.75) is 12.3 Å². The quantitative estimate of drug-likeness (QED) is 0.850. The van der Waals surface area contributed by atoms with Crippen molar-refractivity contribution in [2.75, 3.05) is 21.3 Å². The summed E-state index contributed by atoms with van der Waals surface area (Å²) in [6.45, 7) is 0. The molecule has 122 valence electrons. The van der Waals surface area contributed by atoms with Crippen molar-refractivity contribution in [1.82, 2.24) is 0 Å². The maximum absolute atomic E-state index is 11.8. The molecule has 0 fully saturated rings. The normalized spacial score (nSPS) is 11.6. The van der Waals surface area contributed by atoms with Gasteiger partial charge in [0, 0.05) is 5.56 Å². The number of ether oxygens (including phenoxy) is 3. The Kier molecular flexibility index (Phi) is 5.46. The van der Waals surface area contributed by atoms with Gasteiger partial charge in [0.05, 0.1) is 27.2 Å². The highest BCUT2D eigenvalue weighted by Gasteiger charge is 2.25. The number of hydrogen-bond acceptors (Lipinski definition) is 4. The highest BCUT2D eigenvalue weighted by atomic mass is 16.5. The van der Waals surface area contributed by atoms with Crippen molar-refractivity contribution in [3.8, 4) is 17.2 Å². The second-order valence-corrected chi connectivity index (χ2v) is 5.01. The smallest absolute Gasteiger partial charge is 0.311 e. The fourth-order valence-electron chi connectivity index (χ4n) is 2.55. The molecule has 0 aliphatic heterocycles. The number of benzene rings is 2. The SMILES string of the molecule is COc1ccc(OC)c(CC(C(=O)O)c2ccccc2OC)c1. The maximum atomic E-state index is 11.8. The Labute approximate surface area is 135 Å². The van der Waals surface area contributed by atoms with Gasteiger partial charge < -0.3 is 19.3 Å². The average Bonchev–Trinajstić information content (AvgIpc) is 2.59. The number of carbonyl (C=O) groups is 1. The number of carboxylic acid groups (broad SMARTS) is 1. The third-order valence-electron chi connectivity index (χ3n) is 3.72. The van der Waals surface area contributed by atoms with Gasteiger partial charge in [0.25, 0.3) is 0 Å². The summed E-state index contributed by atoms with van der Waals surface area (Å²) >= 11 is 0. The predicted molar refractivity (Wildman–Crippen MR) is 86.6 cm³/mol. The predicted octanol–water partition coefficient (Wildman–Crippen LogP) is 3.12. The van der Waals surface area contributed by atoms with Crippen molar-refractivity contribution >= 4 is 5.97 Å². The molecule has 1 atom stereocenters. The molecule has 5 nitrogen and oxygen atoms in total. The number of methoxy groups -OCH3 is 3. The van der Waals surface area contributed by atoms with Crippen LogP contribution in [0.25, 0.3) is 0 Å². The topological polar surface area (TPSA) is 65.0 Å². The van der Waals surface area contributed by atoms with Gasteiger partial charge in [-0.25, -0.2) is 0 Å². The molecule has 0 aliphatic rings. The summed E-state index contributed by atoms with van der Waals surface area (Å²) in [5, 5.41) is 9.67. The molecule has 0 saturated carbocycles. The second-order valence-electron chi connectivity index (χ2n) is 5.01. The van der Waals surface area contributed by atoms with E-state index >= 15 is 0 Å². The summed E-state index contributed by atoms with van der Waals surface area (Å²) in [4.78, 5) is 11.8. The summed E-state index contributed by atoms with van der Waals surface area (Å²) in [5.41, 5.74) is 1.40. The lowest BCUT2D eigenvalue weighted by atomic mass is 9.91. The Hall–Kier alpha value is -2.69. The Bertz CT molecular complexity index is 681. The number of aliphatic carboxylic acids is 1. The van der Waals surface area contributed by atoms with Gasteiger partial charge in [-0.3, -0.25) is 4.79 Å². The zero-order valence-electron chi connectivity index (χ0n) is 13.4. The first kappa shape index (κ1) is 16.7. The van der Waals surface area contributed by atoms with E-state index < -0.39 is 11.9 Å². The number of carboxylic acids is 1. The molecule has 0 aliphatic carbocycles. The Balaban J connectivity index is 2.43. The van der Waals surface area contributed by atoms with Crippen molar-refractivity contribution in [2.24, 2.45) is 0 Å². The molecule has 0 bridgehead atoms. The van der Waals surface area contributed by atoms with Gasteiger partial charge in [-0.2, -0.15) is 0 Å². The van der Waals surface area contributed by atoms with E-state index in [1.165, 1.54) is 7.11 Å². The molecule has 0 spiro atoms. The van der Waals surface area contributed by atoms with E-state index in [9.17, 15) is 9.90 Å². The molecular weight excluding hydrogens is 296 g/mol. The number of para-hydroxylation sites is 1. The third kappa shape index (κ3) is 3.74. The van der Waals surface area contributed by atoms with Crippen LogP contribution in [0.1, 0.15) is 17.0 Å². The molecule has 2 aromatic carbocycles. The highest BCUT2D eigenvalue weighted by Crippen LogP contribution is 2.33. The first-order chi connectivity index (χ1) is 11.1. The van der Waals surface area contributed by atoms with Gasteiger partial charge in [0.15, 0.2) is 0 Å². The molecule has 5 heteroatoms. The van der Waals surface area contributed by atoms with Gasteiger partial charge in [-0.15, -0.1) is 0 Å².